The monoisotopic (exact) mass is 157 g/mol. The van der Waals surface area contributed by atoms with E-state index in [1.807, 2.05) is 13.8 Å². The molecule has 1 aliphatic rings. The molecule has 3 heteroatoms. The molecule has 2 N–H and O–H groups in total. The maximum atomic E-state index is 10.5. The van der Waals surface area contributed by atoms with Gasteiger partial charge in [-0.1, -0.05) is 13.8 Å². The first-order valence-electron chi connectivity index (χ1n) is 3.92. The molecule has 0 aromatic carbocycles. The van der Waals surface area contributed by atoms with Crippen molar-refractivity contribution in [2.75, 3.05) is 6.61 Å². The van der Waals surface area contributed by atoms with Crippen molar-refractivity contribution < 1.29 is 9.90 Å². The predicted octanol–water partition coefficient (Wildman–Crippen LogP) is -0.0657. The first-order valence-corrected chi connectivity index (χ1v) is 3.92. The van der Waals surface area contributed by atoms with E-state index in [4.69, 9.17) is 5.11 Å². The molecule has 1 unspecified atom stereocenters. The summed E-state index contributed by atoms with van der Waals surface area (Å²) in [6.07, 6.45) is 1.79. The molecule has 0 aromatic heterocycles. The molecular formula is C8H15NO2. The second kappa shape index (κ2) is 2.91. The van der Waals surface area contributed by atoms with Crippen LogP contribution in [0.15, 0.2) is 0 Å². The van der Waals surface area contributed by atoms with Crippen LogP contribution in [0.2, 0.25) is 0 Å². The van der Waals surface area contributed by atoms with Gasteiger partial charge in [0.05, 0.1) is 12.6 Å². The van der Waals surface area contributed by atoms with Crippen molar-refractivity contribution in [2.24, 2.45) is 5.41 Å². The van der Waals surface area contributed by atoms with Crippen molar-refractivity contribution in [2.45, 2.75) is 32.4 Å². The van der Waals surface area contributed by atoms with Gasteiger partial charge in [0.25, 0.3) is 0 Å². The van der Waals surface area contributed by atoms with Crippen molar-refractivity contribution in [3.8, 4) is 0 Å². The molecule has 0 radical (unpaired) electrons. The molecule has 0 spiro atoms. The minimum absolute atomic E-state index is 0.00481. The van der Waals surface area contributed by atoms with Crippen LogP contribution in [0.4, 0.5) is 0 Å². The van der Waals surface area contributed by atoms with Crippen LogP contribution in [0.3, 0.4) is 0 Å². The molecule has 0 aromatic rings. The topological polar surface area (TPSA) is 49.3 Å². The van der Waals surface area contributed by atoms with Gasteiger partial charge < -0.3 is 15.2 Å². The summed E-state index contributed by atoms with van der Waals surface area (Å²) in [7, 11) is 0. The lowest BCUT2D eigenvalue weighted by Crippen LogP contribution is -2.36. The number of aldehydes is 1. The first-order chi connectivity index (χ1) is 5.10. The van der Waals surface area contributed by atoms with Crippen molar-refractivity contribution in [3.63, 3.8) is 0 Å². The van der Waals surface area contributed by atoms with E-state index in [-0.39, 0.29) is 24.1 Å². The van der Waals surface area contributed by atoms with Gasteiger partial charge in [-0.3, -0.25) is 0 Å². The van der Waals surface area contributed by atoms with Crippen LogP contribution in [-0.2, 0) is 4.79 Å². The molecule has 1 rings (SSSR count). The Kier molecular flexibility index (Phi) is 2.30. The number of carbonyl (C=O) groups is 1. The third-order valence-electron chi connectivity index (χ3n) is 2.39. The average molecular weight is 157 g/mol. The Labute approximate surface area is 66.8 Å². The number of aliphatic hydroxyl groups is 1. The van der Waals surface area contributed by atoms with E-state index in [2.05, 4.69) is 5.32 Å². The highest BCUT2D eigenvalue weighted by atomic mass is 16.3. The second-order valence-electron chi connectivity index (χ2n) is 3.85. The van der Waals surface area contributed by atoms with Gasteiger partial charge in [-0.05, 0) is 11.8 Å². The standard InChI is InChI=1S/C8H15NO2/c1-8(2)3-6(4-10)9-7(8)5-11/h5-7,9-10H,3-4H2,1-2H3/t6-,7?/m1/s1. The predicted molar refractivity (Wildman–Crippen MR) is 42.3 cm³/mol. The van der Waals surface area contributed by atoms with Crippen LogP contribution in [0.1, 0.15) is 20.3 Å². The van der Waals surface area contributed by atoms with E-state index in [0.717, 1.165) is 12.7 Å². The van der Waals surface area contributed by atoms with E-state index in [1.54, 1.807) is 0 Å². The average Bonchev–Trinajstić information content (AvgIpc) is 2.24. The highest BCUT2D eigenvalue weighted by Crippen LogP contribution is 2.31. The van der Waals surface area contributed by atoms with E-state index in [9.17, 15) is 4.79 Å². The van der Waals surface area contributed by atoms with Crippen molar-refractivity contribution >= 4 is 6.29 Å². The number of carbonyl (C=O) groups excluding carboxylic acids is 1. The SMILES string of the molecule is CC1(C)C[C@H](CO)NC1C=O. The van der Waals surface area contributed by atoms with E-state index in [0.29, 0.717) is 0 Å². The summed E-state index contributed by atoms with van der Waals surface area (Å²) < 4.78 is 0. The van der Waals surface area contributed by atoms with E-state index < -0.39 is 0 Å². The molecule has 1 heterocycles. The molecule has 3 nitrogen and oxygen atoms in total. The lowest BCUT2D eigenvalue weighted by atomic mass is 9.84. The normalized spacial score (nSPS) is 35.5. The third kappa shape index (κ3) is 1.60. The van der Waals surface area contributed by atoms with Crippen molar-refractivity contribution in [3.05, 3.63) is 0 Å². The Morgan fingerprint density at radius 1 is 1.73 bits per heavy atom. The lowest BCUT2D eigenvalue weighted by Gasteiger charge is -2.20. The van der Waals surface area contributed by atoms with Gasteiger partial charge in [-0.15, -0.1) is 0 Å². The van der Waals surface area contributed by atoms with Crippen LogP contribution in [0.5, 0.6) is 0 Å². The van der Waals surface area contributed by atoms with Crippen LogP contribution in [0, 0.1) is 5.41 Å². The fraction of sp³-hybridized carbons (Fsp3) is 0.875. The van der Waals surface area contributed by atoms with Crippen molar-refractivity contribution in [1.29, 1.82) is 0 Å². The molecular weight excluding hydrogens is 142 g/mol. The maximum Gasteiger partial charge on any atom is 0.137 e. The van der Waals surface area contributed by atoms with Crippen LogP contribution in [0.25, 0.3) is 0 Å². The molecule has 2 atom stereocenters. The Hall–Kier alpha value is -0.410. The largest absolute Gasteiger partial charge is 0.395 e. The fourth-order valence-electron chi connectivity index (χ4n) is 1.64. The summed E-state index contributed by atoms with van der Waals surface area (Å²) in [5, 5.41) is 11.9. The Morgan fingerprint density at radius 3 is 2.64 bits per heavy atom. The van der Waals surface area contributed by atoms with Crippen LogP contribution >= 0.6 is 0 Å². The zero-order valence-corrected chi connectivity index (χ0v) is 7.00. The summed E-state index contributed by atoms with van der Waals surface area (Å²) in [6.45, 7) is 4.19. The Morgan fingerprint density at radius 2 is 2.36 bits per heavy atom. The van der Waals surface area contributed by atoms with Crippen molar-refractivity contribution in [1.82, 2.24) is 5.32 Å². The Bertz CT molecular complexity index is 156. The first kappa shape index (κ1) is 8.68. The summed E-state index contributed by atoms with van der Waals surface area (Å²) in [5.74, 6) is 0. The molecule has 1 saturated heterocycles. The third-order valence-corrected chi connectivity index (χ3v) is 2.39. The number of hydrogen-bond donors (Lipinski definition) is 2. The maximum absolute atomic E-state index is 10.5. The molecule has 64 valence electrons. The fourth-order valence-corrected chi connectivity index (χ4v) is 1.64. The summed E-state index contributed by atoms with van der Waals surface area (Å²) >= 11 is 0. The smallest absolute Gasteiger partial charge is 0.137 e. The molecule has 0 bridgehead atoms. The van der Waals surface area contributed by atoms with Gasteiger partial charge in [-0.2, -0.15) is 0 Å². The zero-order valence-electron chi connectivity index (χ0n) is 7.00. The summed E-state index contributed by atoms with van der Waals surface area (Å²) in [4.78, 5) is 10.5. The van der Waals surface area contributed by atoms with E-state index in [1.165, 1.54) is 0 Å². The number of aliphatic hydroxyl groups excluding tert-OH is 1. The molecule has 1 fully saturated rings. The number of hydrogen-bond acceptors (Lipinski definition) is 3. The molecule has 0 aliphatic carbocycles. The zero-order chi connectivity index (χ0) is 8.48. The quantitative estimate of drug-likeness (QED) is 0.552. The summed E-state index contributed by atoms with van der Waals surface area (Å²) in [6, 6.07) is -0.000139. The molecule has 1 aliphatic heterocycles. The molecule has 11 heavy (non-hydrogen) atoms. The highest BCUT2D eigenvalue weighted by molar-refractivity contribution is 5.60. The van der Waals surface area contributed by atoms with Gasteiger partial charge in [0.1, 0.15) is 6.29 Å². The minimum Gasteiger partial charge on any atom is -0.395 e. The van der Waals surface area contributed by atoms with Crippen LogP contribution in [-0.4, -0.2) is 30.1 Å². The van der Waals surface area contributed by atoms with Gasteiger partial charge in [0.2, 0.25) is 0 Å². The minimum atomic E-state index is -0.0975. The highest BCUT2D eigenvalue weighted by Gasteiger charge is 2.39. The number of rotatable bonds is 2. The summed E-state index contributed by atoms with van der Waals surface area (Å²) in [5.41, 5.74) is -0.00481. The Balaban J connectivity index is 2.62. The lowest BCUT2D eigenvalue weighted by molar-refractivity contribution is -0.111. The van der Waals surface area contributed by atoms with Gasteiger partial charge >= 0.3 is 0 Å². The van der Waals surface area contributed by atoms with Gasteiger partial charge in [0.15, 0.2) is 0 Å². The van der Waals surface area contributed by atoms with Crippen LogP contribution < -0.4 is 5.32 Å². The molecule has 0 saturated carbocycles. The second-order valence-corrected chi connectivity index (χ2v) is 3.85. The van der Waals surface area contributed by atoms with E-state index >= 15 is 0 Å². The van der Waals surface area contributed by atoms with Gasteiger partial charge in [-0.25, -0.2) is 0 Å². The number of nitrogens with one attached hydrogen (secondary N) is 1. The van der Waals surface area contributed by atoms with Gasteiger partial charge in [0, 0.05) is 6.04 Å². The molecule has 0 amide bonds.